The van der Waals surface area contributed by atoms with E-state index in [-0.39, 0.29) is 22.5 Å². The van der Waals surface area contributed by atoms with Crippen LogP contribution >= 0.6 is 0 Å². The molecule has 168 valence electrons. The molecule has 0 aromatic heterocycles. The number of benzene rings is 3. The smallest absolute Gasteiger partial charge is 0.296 e. The molecule has 0 atom stereocenters. The summed E-state index contributed by atoms with van der Waals surface area (Å²) in [6.45, 7) is 1.76. The molecular weight excluding hydrogens is 438 g/mol. The van der Waals surface area contributed by atoms with Crippen molar-refractivity contribution < 1.29 is 27.6 Å². The Morgan fingerprint density at radius 2 is 1.53 bits per heavy atom. The highest BCUT2D eigenvalue weighted by atomic mass is 32.2. The Labute approximate surface area is 184 Å². The highest BCUT2D eigenvalue weighted by Crippen LogP contribution is 2.45. The van der Waals surface area contributed by atoms with Crippen LogP contribution in [0.4, 0.5) is 22.7 Å². The van der Waals surface area contributed by atoms with Crippen molar-refractivity contribution in [2.24, 2.45) is 20.5 Å². The number of nitrogen functional groups attached to an aromatic ring is 1. The predicted octanol–water partition coefficient (Wildman–Crippen LogP) is 4.83. The molecule has 0 saturated heterocycles. The maximum Gasteiger partial charge on any atom is 0.296 e. The number of azo groups is 2. The van der Waals surface area contributed by atoms with Crippen molar-refractivity contribution in [2.75, 3.05) is 27.0 Å². The first kappa shape index (κ1) is 22.9. The Morgan fingerprint density at radius 3 is 2.06 bits per heavy atom. The van der Waals surface area contributed by atoms with Gasteiger partial charge in [0.05, 0.1) is 14.2 Å². The van der Waals surface area contributed by atoms with Gasteiger partial charge < -0.3 is 20.3 Å². The van der Waals surface area contributed by atoms with Gasteiger partial charge in [-0.25, -0.2) is 0 Å². The van der Waals surface area contributed by atoms with Crippen molar-refractivity contribution >= 4 is 43.6 Å². The Kier molecular flexibility index (Phi) is 6.27. The van der Waals surface area contributed by atoms with Crippen LogP contribution in [0.1, 0.15) is 5.56 Å². The summed E-state index contributed by atoms with van der Waals surface area (Å²) in [4.78, 5) is -0.626. The van der Waals surface area contributed by atoms with Crippen molar-refractivity contribution in [3.8, 4) is 17.2 Å². The third kappa shape index (κ3) is 4.31. The van der Waals surface area contributed by atoms with Gasteiger partial charge in [-0.2, -0.15) is 18.6 Å². The van der Waals surface area contributed by atoms with Gasteiger partial charge in [0.25, 0.3) is 10.1 Å². The van der Waals surface area contributed by atoms with Crippen LogP contribution in [0.25, 0.3) is 10.8 Å². The number of methoxy groups -OCH3 is 2. The van der Waals surface area contributed by atoms with E-state index in [1.807, 2.05) is 0 Å². The number of ether oxygens (including phenoxy) is 2. The summed E-state index contributed by atoms with van der Waals surface area (Å²) in [5.41, 5.74) is 7.02. The molecule has 0 aliphatic carbocycles. The monoisotopic (exact) mass is 459 g/mol. The molecule has 0 fully saturated rings. The second-order valence-electron chi connectivity index (χ2n) is 6.70. The summed E-state index contributed by atoms with van der Waals surface area (Å²) in [6, 6.07) is 7.37. The van der Waals surface area contributed by atoms with Gasteiger partial charge >= 0.3 is 0 Å². The molecule has 4 N–H and O–H groups in total. The van der Waals surface area contributed by atoms with E-state index >= 15 is 0 Å². The Bertz CT molecular complexity index is 1370. The molecule has 3 aromatic rings. The molecule has 0 heterocycles. The maximum absolute atomic E-state index is 12.0. The molecule has 0 amide bonds. The Balaban J connectivity index is 2.28. The highest BCUT2D eigenvalue weighted by molar-refractivity contribution is 7.86. The third-order valence-electron chi connectivity index (χ3n) is 4.55. The molecule has 3 rings (SSSR count). The fraction of sp³-hybridized carbons (Fsp3) is 0.200. The van der Waals surface area contributed by atoms with Gasteiger partial charge in [0.1, 0.15) is 33.5 Å². The molecule has 0 radical (unpaired) electrons. The van der Waals surface area contributed by atoms with Crippen LogP contribution in [0.3, 0.4) is 0 Å². The topological polar surface area (TPSA) is 169 Å². The van der Waals surface area contributed by atoms with Gasteiger partial charge in [-0.3, -0.25) is 4.55 Å². The summed E-state index contributed by atoms with van der Waals surface area (Å²) in [5.74, 6) is 0.00212. The second kappa shape index (κ2) is 8.77. The molecule has 0 spiro atoms. The lowest BCUT2D eigenvalue weighted by Gasteiger charge is -2.12. The minimum atomic E-state index is -4.76. The second-order valence-corrected chi connectivity index (χ2v) is 8.09. The number of rotatable bonds is 6. The van der Waals surface area contributed by atoms with Crippen LogP contribution < -0.4 is 15.2 Å². The lowest BCUT2D eigenvalue weighted by Crippen LogP contribution is -2.00. The van der Waals surface area contributed by atoms with E-state index < -0.39 is 26.5 Å². The molecule has 11 nitrogen and oxygen atoms in total. The quantitative estimate of drug-likeness (QED) is 0.269. The fourth-order valence-corrected chi connectivity index (χ4v) is 3.86. The lowest BCUT2D eigenvalue weighted by molar-refractivity contribution is 0.405. The number of nitrogens with zero attached hydrogens (tertiary/aromatic N) is 4. The first-order valence-electron chi connectivity index (χ1n) is 9.11. The Hall–Kier alpha value is -3.77. The van der Waals surface area contributed by atoms with Gasteiger partial charge in [0, 0.05) is 30.3 Å². The summed E-state index contributed by atoms with van der Waals surface area (Å²) in [7, 11) is -0.445. The van der Waals surface area contributed by atoms with Crippen LogP contribution in [-0.4, -0.2) is 39.3 Å². The summed E-state index contributed by atoms with van der Waals surface area (Å²) >= 11 is 0. The van der Waals surface area contributed by atoms with E-state index in [2.05, 4.69) is 20.5 Å². The predicted molar refractivity (Wildman–Crippen MR) is 119 cm³/mol. The van der Waals surface area contributed by atoms with Crippen molar-refractivity contribution in [2.45, 2.75) is 11.8 Å². The summed E-state index contributed by atoms with van der Waals surface area (Å²) in [5, 5.41) is 26.9. The zero-order valence-corrected chi connectivity index (χ0v) is 18.5. The summed E-state index contributed by atoms with van der Waals surface area (Å²) < 4.78 is 44.3. The van der Waals surface area contributed by atoms with E-state index in [1.165, 1.54) is 39.5 Å². The third-order valence-corrected chi connectivity index (χ3v) is 5.42. The van der Waals surface area contributed by atoms with E-state index in [1.54, 1.807) is 19.1 Å². The molecule has 0 unspecified atom stereocenters. The van der Waals surface area contributed by atoms with Gasteiger partial charge in [0.2, 0.25) is 0 Å². The Morgan fingerprint density at radius 1 is 0.938 bits per heavy atom. The van der Waals surface area contributed by atoms with Gasteiger partial charge in [0.15, 0.2) is 5.75 Å². The number of fused-ring (bicyclic) bond motifs is 1. The van der Waals surface area contributed by atoms with Crippen LogP contribution in [0.2, 0.25) is 0 Å². The van der Waals surface area contributed by atoms with Crippen molar-refractivity contribution in [3.05, 3.63) is 35.9 Å². The van der Waals surface area contributed by atoms with E-state index in [0.717, 1.165) is 5.56 Å². The zero-order valence-electron chi connectivity index (χ0n) is 17.7. The minimum Gasteiger partial charge on any atom is -0.505 e. The van der Waals surface area contributed by atoms with E-state index in [4.69, 9.17) is 15.2 Å². The first-order valence-corrected chi connectivity index (χ1v) is 10.6. The average molecular weight is 459 g/mol. The average Bonchev–Trinajstić information content (AvgIpc) is 2.72. The number of anilines is 1. The molecule has 0 aliphatic rings. The zero-order chi connectivity index (χ0) is 23.6. The lowest BCUT2D eigenvalue weighted by atomic mass is 10.0. The standard InChI is InChI=1S/C20H21N5O6S/c1-10-5-11-7-17(32(27,28)29)19(20(26)18(11)12(21)6-10)25-24-14-9-15(30-3)13(23-22-2)8-16(14)31-4/h5-9,26H,21H2,1-4H3,(H,27,28,29). The molecule has 0 saturated carbocycles. The first-order chi connectivity index (χ1) is 15.1. The number of aryl methyl sites for hydroxylation is 1. The minimum absolute atomic E-state index is 0.150. The normalized spacial score (nSPS) is 12.2. The van der Waals surface area contributed by atoms with Crippen molar-refractivity contribution in [3.63, 3.8) is 0 Å². The van der Waals surface area contributed by atoms with Crippen LogP contribution in [0, 0.1) is 6.92 Å². The number of aromatic hydroxyl groups is 1. The molecular formula is C20H21N5O6S. The van der Waals surface area contributed by atoms with Crippen LogP contribution in [0.15, 0.2) is 55.7 Å². The number of phenols is 1. The van der Waals surface area contributed by atoms with Crippen LogP contribution in [-0.2, 0) is 10.1 Å². The van der Waals surface area contributed by atoms with Gasteiger partial charge in [-0.1, -0.05) is 6.07 Å². The van der Waals surface area contributed by atoms with Crippen molar-refractivity contribution in [1.82, 2.24) is 0 Å². The summed E-state index contributed by atoms with van der Waals surface area (Å²) in [6.07, 6.45) is 0. The molecule has 3 aromatic carbocycles. The number of nitrogens with two attached hydrogens (primary N) is 1. The number of hydrogen-bond donors (Lipinski definition) is 3. The number of hydrogen-bond acceptors (Lipinski definition) is 10. The molecule has 0 aliphatic heterocycles. The van der Waals surface area contributed by atoms with Crippen LogP contribution in [0.5, 0.6) is 17.2 Å². The van der Waals surface area contributed by atoms with Gasteiger partial charge in [-0.05, 0) is 30.0 Å². The number of phenolic OH excluding ortho intramolecular Hbond substituents is 1. The highest BCUT2D eigenvalue weighted by Gasteiger charge is 2.23. The van der Waals surface area contributed by atoms with Crippen molar-refractivity contribution in [1.29, 1.82) is 0 Å². The SMILES string of the molecule is CN=Nc1cc(OC)c(N=Nc2c(S(=O)(=O)O)cc3cc(C)cc(N)c3c2O)cc1OC. The maximum atomic E-state index is 12.0. The van der Waals surface area contributed by atoms with E-state index in [9.17, 15) is 18.1 Å². The van der Waals surface area contributed by atoms with Gasteiger partial charge in [-0.15, -0.1) is 10.2 Å². The molecule has 0 bridgehead atoms. The fourth-order valence-electron chi connectivity index (χ4n) is 3.20. The van der Waals surface area contributed by atoms with E-state index in [0.29, 0.717) is 16.8 Å². The molecule has 12 heteroatoms. The molecule has 32 heavy (non-hydrogen) atoms. The largest absolute Gasteiger partial charge is 0.505 e.